The van der Waals surface area contributed by atoms with Gasteiger partial charge in [0.05, 0.1) is 5.52 Å². The van der Waals surface area contributed by atoms with Crippen LogP contribution in [0.2, 0.25) is 0 Å². The van der Waals surface area contributed by atoms with Crippen molar-refractivity contribution in [3.05, 3.63) is 54.2 Å². The fourth-order valence-corrected chi connectivity index (χ4v) is 5.34. The summed E-state index contributed by atoms with van der Waals surface area (Å²) < 4.78 is 43.9. The number of nitrogens with zero attached hydrogens (tertiary/aromatic N) is 5. The SMILES string of the molecule is CC(C)Sc1ccc2ccc(-c3nnc4ccc([C@@H](N5CCC(N)C5)C(F)(F)F)cn34)nc2c1. The van der Waals surface area contributed by atoms with Gasteiger partial charge in [-0.25, -0.2) is 4.98 Å². The zero-order valence-electron chi connectivity index (χ0n) is 18.8. The highest BCUT2D eigenvalue weighted by Crippen LogP contribution is 2.39. The second-order valence-corrected chi connectivity index (χ2v) is 10.6. The largest absolute Gasteiger partial charge is 0.408 e. The molecule has 1 aliphatic heterocycles. The van der Waals surface area contributed by atoms with Crippen LogP contribution < -0.4 is 5.73 Å². The lowest BCUT2D eigenvalue weighted by Gasteiger charge is -2.30. The Morgan fingerprint density at radius 2 is 1.88 bits per heavy atom. The maximum absolute atomic E-state index is 14.1. The van der Waals surface area contributed by atoms with Crippen LogP contribution in [0, 0.1) is 0 Å². The lowest BCUT2D eigenvalue weighted by atomic mass is 10.1. The molecule has 0 spiro atoms. The smallest absolute Gasteiger partial charge is 0.326 e. The molecule has 5 rings (SSSR count). The molecule has 6 nitrogen and oxygen atoms in total. The Balaban J connectivity index is 1.57. The van der Waals surface area contributed by atoms with E-state index in [1.54, 1.807) is 22.2 Å². The van der Waals surface area contributed by atoms with E-state index in [1.807, 2.05) is 24.3 Å². The summed E-state index contributed by atoms with van der Waals surface area (Å²) >= 11 is 1.75. The third-order valence-corrected chi connectivity index (χ3v) is 6.93. The number of thioether (sulfide) groups is 1. The number of hydrogen-bond donors (Lipinski definition) is 1. The molecule has 1 unspecified atom stereocenters. The Bertz CT molecular complexity index is 1340. The summed E-state index contributed by atoms with van der Waals surface area (Å²) in [6.45, 7) is 4.77. The summed E-state index contributed by atoms with van der Waals surface area (Å²) in [4.78, 5) is 7.27. The van der Waals surface area contributed by atoms with Crippen molar-refractivity contribution in [3.63, 3.8) is 0 Å². The lowest BCUT2D eigenvalue weighted by Crippen LogP contribution is -2.38. The van der Waals surface area contributed by atoms with Crippen molar-refractivity contribution in [3.8, 4) is 11.5 Å². The van der Waals surface area contributed by atoms with Gasteiger partial charge < -0.3 is 5.73 Å². The van der Waals surface area contributed by atoms with Gasteiger partial charge in [-0.1, -0.05) is 32.0 Å². The van der Waals surface area contributed by atoms with Gasteiger partial charge in [-0.3, -0.25) is 9.30 Å². The first-order chi connectivity index (χ1) is 16.2. The van der Waals surface area contributed by atoms with E-state index in [-0.39, 0.29) is 18.2 Å². The molecular weight excluding hydrogens is 461 g/mol. The van der Waals surface area contributed by atoms with Crippen molar-refractivity contribution in [1.29, 1.82) is 0 Å². The Kier molecular flexibility index (Phi) is 5.99. The topological polar surface area (TPSA) is 72.3 Å². The van der Waals surface area contributed by atoms with Crippen LogP contribution in [0.3, 0.4) is 0 Å². The zero-order chi connectivity index (χ0) is 24.0. The molecule has 0 saturated carbocycles. The Labute approximate surface area is 199 Å². The normalized spacial score (nSPS) is 18.4. The Morgan fingerprint density at radius 3 is 2.59 bits per heavy atom. The standard InChI is InChI=1S/C24H25F3N6S/c1-14(2)34-18-6-3-15-4-7-19(29-20(15)11-18)23-31-30-21-8-5-16(12-33(21)23)22(24(25,26)27)32-10-9-17(28)13-32/h3-8,11-12,14,17,22H,9-10,13,28H2,1-2H3/t17?,22-/m1/s1. The molecule has 1 aliphatic rings. The minimum absolute atomic E-state index is 0.131. The van der Waals surface area contributed by atoms with Crippen LogP contribution in [0.1, 0.15) is 31.9 Å². The van der Waals surface area contributed by atoms with E-state index in [0.717, 1.165) is 15.8 Å². The van der Waals surface area contributed by atoms with Gasteiger partial charge in [-0.15, -0.1) is 22.0 Å². The van der Waals surface area contributed by atoms with Crippen molar-refractivity contribution >= 4 is 28.3 Å². The summed E-state index contributed by atoms with van der Waals surface area (Å²) in [7, 11) is 0. The molecule has 1 fully saturated rings. The third-order valence-electron chi connectivity index (χ3n) is 5.94. The number of benzene rings is 1. The third kappa shape index (κ3) is 4.49. The van der Waals surface area contributed by atoms with Gasteiger partial charge in [0.25, 0.3) is 0 Å². The molecule has 4 heterocycles. The van der Waals surface area contributed by atoms with Crippen LogP contribution in [0.15, 0.2) is 53.6 Å². The van der Waals surface area contributed by atoms with Crippen molar-refractivity contribution < 1.29 is 13.2 Å². The van der Waals surface area contributed by atoms with E-state index in [4.69, 9.17) is 10.7 Å². The van der Waals surface area contributed by atoms with Gasteiger partial charge in [0, 0.05) is 40.9 Å². The highest BCUT2D eigenvalue weighted by atomic mass is 32.2. The number of pyridine rings is 2. The van der Waals surface area contributed by atoms with E-state index in [0.29, 0.717) is 35.4 Å². The molecule has 178 valence electrons. The molecule has 0 radical (unpaired) electrons. The van der Waals surface area contributed by atoms with E-state index in [9.17, 15) is 13.2 Å². The van der Waals surface area contributed by atoms with E-state index < -0.39 is 12.2 Å². The molecule has 3 aromatic heterocycles. The average molecular weight is 487 g/mol. The van der Waals surface area contributed by atoms with Crippen molar-refractivity contribution in [2.24, 2.45) is 5.73 Å². The number of nitrogens with two attached hydrogens (primary N) is 1. The van der Waals surface area contributed by atoms with Crippen LogP contribution in [-0.4, -0.2) is 55.0 Å². The Morgan fingerprint density at radius 1 is 1.09 bits per heavy atom. The minimum atomic E-state index is -4.43. The molecule has 2 atom stereocenters. The molecule has 0 bridgehead atoms. The fourth-order valence-electron chi connectivity index (χ4n) is 4.47. The monoisotopic (exact) mass is 486 g/mol. The molecule has 2 N–H and O–H groups in total. The van der Waals surface area contributed by atoms with Crippen LogP contribution >= 0.6 is 11.8 Å². The number of alkyl halides is 3. The minimum Gasteiger partial charge on any atom is -0.326 e. The fraction of sp³-hybridized carbons (Fsp3) is 0.375. The van der Waals surface area contributed by atoms with Crippen molar-refractivity contribution in [1.82, 2.24) is 24.5 Å². The summed E-state index contributed by atoms with van der Waals surface area (Å²) in [5, 5.41) is 9.82. The molecular formula is C24H25F3N6S. The molecule has 34 heavy (non-hydrogen) atoms. The van der Waals surface area contributed by atoms with Crippen LogP contribution in [0.4, 0.5) is 13.2 Å². The first kappa shape index (κ1) is 23.1. The second-order valence-electron chi connectivity index (χ2n) is 8.92. The average Bonchev–Trinajstić information content (AvgIpc) is 3.38. The highest BCUT2D eigenvalue weighted by molar-refractivity contribution is 7.99. The molecule has 1 aromatic carbocycles. The quantitative estimate of drug-likeness (QED) is 0.397. The lowest BCUT2D eigenvalue weighted by molar-refractivity contribution is -0.183. The van der Waals surface area contributed by atoms with Gasteiger partial charge in [0.15, 0.2) is 11.5 Å². The van der Waals surface area contributed by atoms with Crippen LogP contribution in [0.5, 0.6) is 0 Å². The number of halogens is 3. The summed E-state index contributed by atoms with van der Waals surface area (Å²) in [6.07, 6.45) is -2.41. The molecule has 0 amide bonds. The number of hydrogen-bond acceptors (Lipinski definition) is 6. The van der Waals surface area contributed by atoms with E-state index >= 15 is 0 Å². The predicted molar refractivity (Wildman–Crippen MR) is 128 cm³/mol. The molecule has 0 aliphatic carbocycles. The van der Waals surface area contributed by atoms with Crippen molar-refractivity contribution in [2.45, 2.75) is 48.7 Å². The van der Waals surface area contributed by atoms with Gasteiger partial charge in [-0.05, 0) is 36.2 Å². The molecule has 1 saturated heterocycles. The molecule has 4 aromatic rings. The first-order valence-corrected chi connectivity index (χ1v) is 12.1. The maximum atomic E-state index is 14.1. The first-order valence-electron chi connectivity index (χ1n) is 11.2. The Hall–Kier alpha value is -2.69. The summed E-state index contributed by atoms with van der Waals surface area (Å²) in [5.74, 6) is 0.403. The van der Waals surface area contributed by atoms with E-state index in [2.05, 4.69) is 30.1 Å². The number of rotatable bonds is 5. The van der Waals surface area contributed by atoms with E-state index in [1.165, 1.54) is 17.2 Å². The number of likely N-dealkylation sites (tertiary alicyclic amines) is 1. The van der Waals surface area contributed by atoms with Crippen LogP contribution in [-0.2, 0) is 0 Å². The maximum Gasteiger partial charge on any atom is 0.408 e. The van der Waals surface area contributed by atoms with Crippen molar-refractivity contribution in [2.75, 3.05) is 13.1 Å². The number of fused-ring (bicyclic) bond motifs is 2. The van der Waals surface area contributed by atoms with Gasteiger partial charge in [-0.2, -0.15) is 13.2 Å². The van der Waals surface area contributed by atoms with Crippen LogP contribution in [0.25, 0.3) is 28.1 Å². The number of aromatic nitrogens is 4. The second kappa shape index (κ2) is 8.83. The molecule has 10 heteroatoms. The zero-order valence-corrected chi connectivity index (χ0v) is 19.6. The van der Waals surface area contributed by atoms with Gasteiger partial charge in [0.2, 0.25) is 0 Å². The van der Waals surface area contributed by atoms with Gasteiger partial charge >= 0.3 is 6.18 Å². The highest BCUT2D eigenvalue weighted by Gasteiger charge is 2.46. The predicted octanol–water partition coefficient (Wildman–Crippen LogP) is 5.08. The summed E-state index contributed by atoms with van der Waals surface area (Å²) in [6, 6.07) is 10.9. The summed E-state index contributed by atoms with van der Waals surface area (Å²) in [5.41, 5.74) is 7.84. The van der Waals surface area contributed by atoms with Gasteiger partial charge in [0.1, 0.15) is 11.7 Å².